The van der Waals surface area contributed by atoms with E-state index in [1.54, 1.807) is 0 Å². The molecule has 1 amide bonds. The Labute approximate surface area is 142 Å². The second-order valence-electron chi connectivity index (χ2n) is 6.46. The molecule has 1 aliphatic heterocycles. The van der Waals surface area contributed by atoms with Gasteiger partial charge in [0.2, 0.25) is 5.91 Å². The molecule has 128 valence electrons. The molecule has 0 atom stereocenters. The number of aryl methyl sites for hydroxylation is 1. The Morgan fingerprint density at radius 2 is 2.04 bits per heavy atom. The molecule has 1 aromatic heterocycles. The fourth-order valence-electron chi connectivity index (χ4n) is 2.95. The minimum atomic E-state index is 0.101. The number of nitrogens with zero attached hydrogens (tertiary/aromatic N) is 4. The van der Waals surface area contributed by atoms with E-state index in [2.05, 4.69) is 28.6 Å². The van der Waals surface area contributed by atoms with Gasteiger partial charge in [0.1, 0.15) is 11.6 Å². The molecule has 0 saturated carbocycles. The third-order valence-electron chi connectivity index (χ3n) is 4.32. The summed E-state index contributed by atoms with van der Waals surface area (Å²) in [6.45, 7) is 8.61. The van der Waals surface area contributed by atoms with Crippen LogP contribution in [0.15, 0.2) is 24.3 Å². The zero-order valence-electron chi connectivity index (χ0n) is 14.5. The number of rotatable bonds is 5. The van der Waals surface area contributed by atoms with E-state index in [0.717, 1.165) is 29.5 Å². The van der Waals surface area contributed by atoms with E-state index in [4.69, 9.17) is 4.74 Å². The normalized spacial score (nSPS) is 13.9. The van der Waals surface area contributed by atoms with Crippen molar-refractivity contribution in [3.05, 3.63) is 41.5 Å². The first-order valence-corrected chi connectivity index (χ1v) is 8.44. The first-order chi connectivity index (χ1) is 11.6. The van der Waals surface area contributed by atoms with Crippen molar-refractivity contribution in [2.75, 3.05) is 13.2 Å². The molecular weight excluding hydrogens is 304 g/mol. The van der Waals surface area contributed by atoms with E-state index in [1.165, 1.54) is 0 Å². The number of amides is 1. The van der Waals surface area contributed by atoms with Crippen LogP contribution < -0.4 is 4.74 Å². The van der Waals surface area contributed by atoms with Crippen LogP contribution in [0.5, 0.6) is 5.75 Å². The highest BCUT2D eigenvalue weighted by Gasteiger charge is 2.25. The average molecular weight is 328 g/mol. The number of carbonyl (C=O) groups excluding carboxylic acids is 1. The molecule has 0 fully saturated rings. The van der Waals surface area contributed by atoms with Crippen molar-refractivity contribution < 1.29 is 9.53 Å². The Hall–Kier alpha value is -2.37. The Bertz CT molecular complexity index is 724. The van der Waals surface area contributed by atoms with Crippen LogP contribution in [0.25, 0.3) is 0 Å². The molecule has 0 saturated heterocycles. The first-order valence-electron chi connectivity index (χ1n) is 8.44. The fraction of sp³-hybridized carbons (Fsp3) is 0.500. The SMILES string of the molecule is Cc1ccccc1OCCC(=O)N1CCn2c(nnc2C(C)C)C1. The molecule has 24 heavy (non-hydrogen) atoms. The zero-order chi connectivity index (χ0) is 17.1. The maximum atomic E-state index is 12.4. The lowest BCUT2D eigenvalue weighted by Crippen LogP contribution is -2.39. The van der Waals surface area contributed by atoms with Crippen LogP contribution in [0.3, 0.4) is 0 Å². The Morgan fingerprint density at radius 3 is 2.79 bits per heavy atom. The van der Waals surface area contributed by atoms with Gasteiger partial charge in [-0.3, -0.25) is 4.79 Å². The van der Waals surface area contributed by atoms with Crippen molar-refractivity contribution >= 4 is 5.91 Å². The number of fused-ring (bicyclic) bond motifs is 1. The van der Waals surface area contributed by atoms with Crippen LogP contribution in [0.2, 0.25) is 0 Å². The van der Waals surface area contributed by atoms with E-state index in [-0.39, 0.29) is 5.91 Å². The molecule has 2 heterocycles. The highest BCUT2D eigenvalue weighted by Crippen LogP contribution is 2.19. The van der Waals surface area contributed by atoms with Gasteiger partial charge in [0.05, 0.1) is 19.6 Å². The van der Waals surface area contributed by atoms with Gasteiger partial charge in [0.25, 0.3) is 0 Å². The van der Waals surface area contributed by atoms with Crippen molar-refractivity contribution in [1.82, 2.24) is 19.7 Å². The van der Waals surface area contributed by atoms with Gasteiger partial charge in [-0.1, -0.05) is 32.0 Å². The van der Waals surface area contributed by atoms with Gasteiger partial charge in [-0.2, -0.15) is 0 Å². The van der Waals surface area contributed by atoms with Gasteiger partial charge >= 0.3 is 0 Å². The number of para-hydroxylation sites is 1. The molecule has 0 aliphatic carbocycles. The Kier molecular flexibility index (Phi) is 4.83. The molecule has 1 aromatic carbocycles. The second-order valence-corrected chi connectivity index (χ2v) is 6.46. The van der Waals surface area contributed by atoms with Crippen LogP contribution in [0.1, 0.15) is 43.4 Å². The lowest BCUT2D eigenvalue weighted by molar-refractivity contribution is -0.133. The quantitative estimate of drug-likeness (QED) is 0.846. The molecule has 0 unspecified atom stereocenters. The van der Waals surface area contributed by atoms with Gasteiger partial charge in [0, 0.05) is 19.0 Å². The average Bonchev–Trinajstić information content (AvgIpc) is 2.99. The molecule has 3 rings (SSSR count). The topological polar surface area (TPSA) is 60.2 Å². The second kappa shape index (κ2) is 7.03. The largest absolute Gasteiger partial charge is 0.493 e. The summed E-state index contributed by atoms with van der Waals surface area (Å²) in [4.78, 5) is 14.3. The predicted octanol–water partition coefficient (Wildman–Crippen LogP) is 2.52. The minimum Gasteiger partial charge on any atom is -0.493 e. The number of hydrogen-bond acceptors (Lipinski definition) is 4. The lowest BCUT2D eigenvalue weighted by Gasteiger charge is -2.28. The molecule has 6 nitrogen and oxygen atoms in total. The first kappa shape index (κ1) is 16.5. The number of benzene rings is 1. The summed E-state index contributed by atoms with van der Waals surface area (Å²) < 4.78 is 7.86. The van der Waals surface area contributed by atoms with E-state index in [9.17, 15) is 4.79 Å². The van der Waals surface area contributed by atoms with Crippen molar-refractivity contribution in [2.24, 2.45) is 0 Å². The van der Waals surface area contributed by atoms with Crippen LogP contribution in [-0.2, 0) is 17.9 Å². The highest BCUT2D eigenvalue weighted by atomic mass is 16.5. The Balaban J connectivity index is 1.54. The monoisotopic (exact) mass is 328 g/mol. The van der Waals surface area contributed by atoms with Gasteiger partial charge in [-0.05, 0) is 18.6 Å². The number of carbonyl (C=O) groups is 1. The van der Waals surface area contributed by atoms with Crippen LogP contribution >= 0.6 is 0 Å². The van der Waals surface area contributed by atoms with E-state index in [0.29, 0.717) is 32.0 Å². The Morgan fingerprint density at radius 1 is 1.25 bits per heavy atom. The number of aromatic nitrogens is 3. The summed E-state index contributed by atoms with van der Waals surface area (Å²) in [6, 6.07) is 7.84. The molecular formula is C18H24N4O2. The standard InChI is InChI=1S/C18H24N4O2/c1-13(2)18-20-19-16-12-21(9-10-22(16)18)17(23)8-11-24-15-7-5-4-6-14(15)3/h4-7,13H,8-12H2,1-3H3. The van der Waals surface area contributed by atoms with Gasteiger partial charge in [0.15, 0.2) is 5.82 Å². The summed E-state index contributed by atoms with van der Waals surface area (Å²) in [6.07, 6.45) is 0.375. The summed E-state index contributed by atoms with van der Waals surface area (Å²) in [7, 11) is 0. The highest BCUT2D eigenvalue weighted by molar-refractivity contribution is 5.76. The molecule has 1 aliphatic rings. The van der Waals surface area contributed by atoms with Crippen molar-refractivity contribution in [2.45, 2.75) is 46.2 Å². The summed E-state index contributed by atoms with van der Waals surface area (Å²) in [5, 5.41) is 8.49. The van der Waals surface area contributed by atoms with Crippen molar-refractivity contribution in [3.8, 4) is 5.75 Å². The third-order valence-corrected chi connectivity index (χ3v) is 4.32. The molecule has 0 N–H and O–H groups in total. The minimum absolute atomic E-state index is 0.101. The van der Waals surface area contributed by atoms with E-state index in [1.807, 2.05) is 36.1 Å². The summed E-state index contributed by atoms with van der Waals surface area (Å²) in [5.41, 5.74) is 1.08. The van der Waals surface area contributed by atoms with Crippen LogP contribution in [-0.4, -0.2) is 38.7 Å². The van der Waals surface area contributed by atoms with Crippen LogP contribution in [0.4, 0.5) is 0 Å². The molecule has 0 bridgehead atoms. The molecule has 0 radical (unpaired) electrons. The molecule has 2 aromatic rings. The smallest absolute Gasteiger partial charge is 0.226 e. The number of hydrogen-bond donors (Lipinski definition) is 0. The fourth-order valence-corrected chi connectivity index (χ4v) is 2.95. The van der Waals surface area contributed by atoms with E-state index >= 15 is 0 Å². The van der Waals surface area contributed by atoms with Gasteiger partial charge in [-0.25, -0.2) is 0 Å². The summed E-state index contributed by atoms with van der Waals surface area (Å²) >= 11 is 0. The zero-order valence-corrected chi connectivity index (χ0v) is 14.5. The maximum absolute atomic E-state index is 12.4. The van der Waals surface area contributed by atoms with E-state index < -0.39 is 0 Å². The number of ether oxygens (including phenoxy) is 1. The lowest BCUT2D eigenvalue weighted by atomic mass is 10.2. The van der Waals surface area contributed by atoms with Gasteiger partial charge < -0.3 is 14.2 Å². The third kappa shape index (κ3) is 3.42. The van der Waals surface area contributed by atoms with Crippen molar-refractivity contribution in [3.63, 3.8) is 0 Å². The molecule has 6 heteroatoms. The van der Waals surface area contributed by atoms with Crippen LogP contribution in [0, 0.1) is 6.92 Å². The molecule has 0 spiro atoms. The van der Waals surface area contributed by atoms with Gasteiger partial charge in [-0.15, -0.1) is 10.2 Å². The maximum Gasteiger partial charge on any atom is 0.226 e. The summed E-state index contributed by atoms with van der Waals surface area (Å²) in [5.74, 6) is 3.16. The predicted molar refractivity (Wildman–Crippen MR) is 90.8 cm³/mol. The van der Waals surface area contributed by atoms with Crippen molar-refractivity contribution in [1.29, 1.82) is 0 Å².